The first kappa shape index (κ1) is 11.7. The van der Waals surface area contributed by atoms with Crippen molar-refractivity contribution in [3.63, 3.8) is 0 Å². The Morgan fingerprint density at radius 1 is 1.56 bits per heavy atom. The van der Waals surface area contributed by atoms with Crippen LogP contribution < -0.4 is 11.1 Å². The first-order valence-electron chi connectivity index (χ1n) is 5.36. The number of aromatic nitrogens is 1. The van der Waals surface area contributed by atoms with Gasteiger partial charge in [0.05, 0.1) is 0 Å². The third-order valence-corrected chi connectivity index (χ3v) is 4.01. The molecular formula is C11H15N3S2. The fraction of sp³-hybridized carbons (Fsp3) is 0.455. The highest BCUT2D eigenvalue weighted by Gasteiger charge is 2.13. The molecule has 2 rings (SSSR count). The van der Waals surface area contributed by atoms with Crippen molar-refractivity contribution in [3.05, 3.63) is 23.9 Å². The Kier molecular flexibility index (Phi) is 4.01. The molecule has 0 aliphatic carbocycles. The first-order chi connectivity index (χ1) is 7.75. The Morgan fingerprint density at radius 2 is 2.44 bits per heavy atom. The van der Waals surface area contributed by atoms with Crippen LogP contribution in [0.15, 0.2) is 18.3 Å². The smallest absolute Gasteiger partial charge is 0.126 e. The monoisotopic (exact) mass is 253 g/mol. The molecule has 2 heterocycles. The molecule has 5 heteroatoms. The van der Waals surface area contributed by atoms with Gasteiger partial charge in [0.25, 0.3) is 0 Å². The summed E-state index contributed by atoms with van der Waals surface area (Å²) in [6.45, 7) is 0. The third kappa shape index (κ3) is 3.09. The second-order valence-corrected chi connectivity index (χ2v) is 5.44. The fourth-order valence-corrected chi connectivity index (χ4v) is 2.88. The Balaban J connectivity index is 1.96. The van der Waals surface area contributed by atoms with E-state index >= 15 is 0 Å². The number of rotatable bonds is 3. The normalized spacial score (nSPS) is 20.4. The number of nitrogens with two attached hydrogens (primary N) is 1. The van der Waals surface area contributed by atoms with Crippen LogP contribution in [0.5, 0.6) is 0 Å². The van der Waals surface area contributed by atoms with E-state index in [4.69, 9.17) is 18.0 Å². The number of thioether (sulfide) groups is 1. The minimum atomic E-state index is 0.396. The Morgan fingerprint density at radius 3 is 3.00 bits per heavy atom. The Labute approximate surface area is 105 Å². The van der Waals surface area contributed by atoms with Gasteiger partial charge in [-0.05, 0) is 30.7 Å². The molecule has 1 saturated heterocycles. The second kappa shape index (κ2) is 5.50. The number of hydrogen-bond donors (Lipinski definition) is 2. The number of thiocarbonyl (C=S) groups is 1. The van der Waals surface area contributed by atoms with Crippen molar-refractivity contribution >= 4 is 34.8 Å². The van der Waals surface area contributed by atoms with Crippen LogP contribution in [0.1, 0.15) is 18.4 Å². The molecule has 0 bridgehead atoms. The summed E-state index contributed by atoms with van der Waals surface area (Å²) < 4.78 is 0. The standard InChI is InChI=1S/C11H15N3S2/c12-11(15)8-3-4-10(13-6-8)14-9-2-1-5-16-7-9/h3-4,6,9H,1-2,5,7H2,(H2,12,15)(H,13,14). The summed E-state index contributed by atoms with van der Waals surface area (Å²) >= 11 is 6.88. The summed E-state index contributed by atoms with van der Waals surface area (Å²) in [7, 11) is 0. The molecule has 16 heavy (non-hydrogen) atoms. The average Bonchev–Trinajstić information content (AvgIpc) is 2.31. The molecule has 1 unspecified atom stereocenters. The van der Waals surface area contributed by atoms with Crippen LogP contribution in [0.4, 0.5) is 5.82 Å². The molecule has 3 N–H and O–H groups in total. The Bertz CT molecular complexity index is 358. The lowest BCUT2D eigenvalue weighted by Gasteiger charge is -2.22. The molecule has 0 amide bonds. The van der Waals surface area contributed by atoms with Crippen LogP contribution in [-0.4, -0.2) is 27.5 Å². The lowest BCUT2D eigenvalue weighted by Crippen LogP contribution is -2.26. The first-order valence-corrected chi connectivity index (χ1v) is 6.92. The van der Waals surface area contributed by atoms with E-state index in [2.05, 4.69) is 10.3 Å². The highest BCUT2D eigenvalue weighted by Crippen LogP contribution is 2.19. The molecular weight excluding hydrogens is 238 g/mol. The van der Waals surface area contributed by atoms with Gasteiger partial charge >= 0.3 is 0 Å². The summed E-state index contributed by atoms with van der Waals surface area (Å²) in [5.41, 5.74) is 6.33. The predicted octanol–water partition coefficient (Wildman–Crippen LogP) is 2.02. The van der Waals surface area contributed by atoms with Gasteiger partial charge in [-0.2, -0.15) is 11.8 Å². The molecule has 3 nitrogen and oxygen atoms in total. The molecule has 0 radical (unpaired) electrons. The maximum atomic E-state index is 5.52. The second-order valence-electron chi connectivity index (χ2n) is 3.85. The van der Waals surface area contributed by atoms with Crippen molar-refractivity contribution in [1.82, 2.24) is 4.98 Å². The van der Waals surface area contributed by atoms with Crippen molar-refractivity contribution in [2.75, 3.05) is 16.8 Å². The summed E-state index contributed by atoms with van der Waals surface area (Å²) in [5, 5.41) is 3.43. The highest BCUT2D eigenvalue weighted by atomic mass is 32.2. The number of pyridine rings is 1. The molecule has 86 valence electrons. The van der Waals surface area contributed by atoms with Gasteiger partial charge in [0.15, 0.2) is 0 Å². The van der Waals surface area contributed by atoms with E-state index in [-0.39, 0.29) is 0 Å². The van der Waals surface area contributed by atoms with Gasteiger partial charge in [-0.3, -0.25) is 0 Å². The van der Waals surface area contributed by atoms with Gasteiger partial charge in [0.2, 0.25) is 0 Å². The van der Waals surface area contributed by atoms with Crippen LogP contribution in [0.25, 0.3) is 0 Å². The van der Waals surface area contributed by atoms with E-state index in [1.54, 1.807) is 6.20 Å². The molecule has 0 aromatic carbocycles. The topological polar surface area (TPSA) is 50.9 Å². The van der Waals surface area contributed by atoms with Crippen LogP contribution in [0.3, 0.4) is 0 Å². The summed E-state index contributed by atoms with van der Waals surface area (Å²) in [6.07, 6.45) is 4.24. The molecule has 1 aromatic rings. The minimum Gasteiger partial charge on any atom is -0.389 e. The fourth-order valence-electron chi connectivity index (χ4n) is 1.69. The average molecular weight is 253 g/mol. The van der Waals surface area contributed by atoms with Gasteiger partial charge in [-0.25, -0.2) is 4.98 Å². The SMILES string of the molecule is NC(=S)c1ccc(NC2CCCSC2)nc1. The zero-order chi connectivity index (χ0) is 11.4. The van der Waals surface area contributed by atoms with Crippen LogP contribution in [0.2, 0.25) is 0 Å². The quantitative estimate of drug-likeness (QED) is 0.807. The molecule has 1 fully saturated rings. The van der Waals surface area contributed by atoms with E-state index < -0.39 is 0 Å². The van der Waals surface area contributed by atoms with Crippen LogP contribution in [0, 0.1) is 0 Å². The van der Waals surface area contributed by atoms with Crippen molar-refractivity contribution in [2.45, 2.75) is 18.9 Å². The van der Waals surface area contributed by atoms with E-state index in [1.807, 2.05) is 23.9 Å². The van der Waals surface area contributed by atoms with Crippen molar-refractivity contribution in [2.24, 2.45) is 5.73 Å². The lowest BCUT2D eigenvalue weighted by molar-refractivity contribution is 0.682. The number of nitrogens with zero attached hydrogens (tertiary/aromatic N) is 1. The van der Waals surface area contributed by atoms with E-state index in [9.17, 15) is 0 Å². The maximum Gasteiger partial charge on any atom is 0.126 e. The van der Waals surface area contributed by atoms with Crippen molar-refractivity contribution in [1.29, 1.82) is 0 Å². The van der Waals surface area contributed by atoms with Gasteiger partial charge in [0.1, 0.15) is 10.8 Å². The largest absolute Gasteiger partial charge is 0.389 e. The molecule has 1 atom stereocenters. The third-order valence-electron chi connectivity index (χ3n) is 2.56. The number of anilines is 1. The number of hydrogen-bond acceptors (Lipinski definition) is 4. The highest BCUT2D eigenvalue weighted by molar-refractivity contribution is 7.99. The summed E-state index contributed by atoms with van der Waals surface area (Å²) in [4.78, 5) is 4.70. The summed E-state index contributed by atoms with van der Waals surface area (Å²) in [6, 6.07) is 4.39. The summed E-state index contributed by atoms with van der Waals surface area (Å²) in [5.74, 6) is 3.36. The van der Waals surface area contributed by atoms with Crippen molar-refractivity contribution < 1.29 is 0 Å². The molecule has 1 aromatic heterocycles. The van der Waals surface area contributed by atoms with E-state index in [0.29, 0.717) is 11.0 Å². The molecule has 0 spiro atoms. The number of nitrogens with one attached hydrogen (secondary N) is 1. The zero-order valence-corrected chi connectivity index (χ0v) is 10.6. The van der Waals surface area contributed by atoms with Crippen molar-refractivity contribution in [3.8, 4) is 0 Å². The zero-order valence-electron chi connectivity index (χ0n) is 8.98. The predicted molar refractivity (Wildman–Crippen MR) is 74.1 cm³/mol. The Hall–Kier alpha value is -0.810. The lowest BCUT2D eigenvalue weighted by atomic mass is 10.2. The van der Waals surface area contributed by atoms with Gasteiger partial charge in [0, 0.05) is 23.6 Å². The van der Waals surface area contributed by atoms with Gasteiger partial charge < -0.3 is 11.1 Å². The molecule has 0 saturated carbocycles. The van der Waals surface area contributed by atoms with E-state index in [0.717, 1.165) is 11.4 Å². The van der Waals surface area contributed by atoms with Gasteiger partial charge in [-0.15, -0.1) is 0 Å². The van der Waals surface area contributed by atoms with E-state index in [1.165, 1.54) is 24.3 Å². The molecule has 1 aliphatic heterocycles. The minimum absolute atomic E-state index is 0.396. The van der Waals surface area contributed by atoms with Crippen LogP contribution >= 0.6 is 24.0 Å². The maximum absolute atomic E-state index is 5.52. The van der Waals surface area contributed by atoms with Crippen LogP contribution in [-0.2, 0) is 0 Å². The molecule has 1 aliphatic rings. The van der Waals surface area contributed by atoms with Gasteiger partial charge in [-0.1, -0.05) is 12.2 Å².